The second kappa shape index (κ2) is 5.09. The summed E-state index contributed by atoms with van der Waals surface area (Å²) in [5, 5.41) is 10.2. The summed E-state index contributed by atoms with van der Waals surface area (Å²) in [5.74, 6) is -0.412. The molecule has 1 rings (SSSR count). The van der Waals surface area contributed by atoms with Gasteiger partial charge in [-0.05, 0) is 19.1 Å². The van der Waals surface area contributed by atoms with E-state index in [0.717, 1.165) is 0 Å². The number of carbonyl (C=O) groups excluding carboxylic acids is 1. The highest BCUT2D eigenvalue weighted by Gasteiger charge is 2.07. The van der Waals surface area contributed by atoms with Gasteiger partial charge in [0.15, 0.2) is 0 Å². The maximum Gasteiger partial charge on any atom is 0.338 e. The predicted octanol–water partition coefficient (Wildman–Crippen LogP) is 1.64. The van der Waals surface area contributed by atoms with Crippen LogP contribution in [0.1, 0.15) is 22.8 Å². The molecule has 5 heteroatoms. The molecule has 0 saturated heterocycles. The van der Waals surface area contributed by atoms with Crippen molar-refractivity contribution < 1.29 is 14.5 Å². The molecule has 0 N–H and O–H groups in total. The summed E-state index contributed by atoms with van der Waals surface area (Å²) in [7, 11) is 0. The third-order valence-corrected chi connectivity index (χ3v) is 1.78. The van der Waals surface area contributed by atoms with Gasteiger partial charge in [0.2, 0.25) is 6.54 Å². The van der Waals surface area contributed by atoms with Gasteiger partial charge in [-0.2, -0.15) is 0 Å². The van der Waals surface area contributed by atoms with Gasteiger partial charge in [-0.1, -0.05) is 12.1 Å². The molecule has 0 aliphatic rings. The third kappa shape index (κ3) is 3.38. The highest BCUT2D eigenvalue weighted by Crippen LogP contribution is 2.06. The van der Waals surface area contributed by atoms with Crippen molar-refractivity contribution in [3.8, 4) is 0 Å². The highest BCUT2D eigenvalue weighted by atomic mass is 16.6. The SMILES string of the molecule is CCOC(=O)c1ccc(C[N+](=O)[O-])cc1. The maximum absolute atomic E-state index is 11.2. The minimum Gasteiger partial charge on any atom is -0.462 e. The number of rotatable bonds is 4. The summed E-state index contributed by atoms with van der Waals surface area (Å²) in [6.07, 6.45) is 0. The standard InChI is InChI=1S/C10H11NO4/c1-2-15-10(12)9-5-3-8(4-6-9)7-11(13)14/h3-6H,2,7H2,1H3. The van der Waals surface area contributed by atoms with Gasteiger partial charge in [0.25, 0.3) is 0 Å². The second-order valence-electron chi connectivity index (χ2n) is 2.91. The van der Waals surface area contributed by atoms with Crippen LogP contribution < -0.4 is 0 Å². The molecule has 0 bridgehead atoms. The number of carbonyl (C=O) groups is 1. The van der Waals surface area contributed by atoms with Crippen LogP contribution in [0.3, 0.4) is 0 Å². The summed E-state index contributed by atoms with van der Waals surface area (Å²) < 4.78 is 4.78. The first-order valence-electron chi connectivity index (χ1n) is 4.51. The van der Waals surface area contributed by atoms with E-state index in [1.165, 1.54) is 12.1 Å². The van der Waals surface area contributed by atoms with Crippen LogP contribution in [0.25, 0.3) is 0 Å². The van der Waals surface area contributed by atoms with Crippen molar-refractivity contribution in [2.45, 2.75) is 13.5 Å². The Kier molecular flexibility index (Phi) is 3.79. The largest absolute Gasteiger partial charge is 0.462 e. The summed E-state index contributed by atoms with van der Waals surface area (Å²) in [6, 6.07) is 6.15. The van der Waals surface area contributed by atoms with Crippen LogP contribution in [0.5, 0.6) is 0 Å². The number of esters is 1. The van der Waals surface area contributed by atoms with Crippen LogP contribution in [0.2, 0.25) is 0 Å². The molecule has 0 aromatic heterocycles. The predicted molar refractivity (Wildman–Crippen MR) is 53.1 cm³/mol. The molecule has 80 valence electrons. The lowest BCUT2D eigenvalue weighted by atomic mass is 10.1. The molecule has 15 heavy (non-hydrogen) atoms. The molecule has 0 aliphatic heterocycles. The van der Waals surface area contributed by atoms with Gasteiger partial charge in [-0.15, -0.1) is 0 Å². The summed E-state index contributed by atoms with van der Waals surface area (Å²) >= 11 is 0. The van der Waals surface area contributed by atoms with Crippen LogP contribution in [0.4, 0.5) is 0 Å². The Morgan fingerprint density at radius 1 is 1.40 bits per heavy atom. The van der Waals surface area contributed by atoms with Gasteiger partial charge in [0.1, 0.15) is 0 Å². The smallest absolute Gasteiger partial charge is 0.338 e. The van der Waals surface area contributed by atoms with E-state index in [2.05, 4.69) is 0 Å². The van der Waals surface area contributed by atoms with Gasteiger partial charge in [0.05, 0.1) is 12.2 Å². The molecule has 0 unspecified atom stereocenters. The molecule has 0 saturated carbocycles. The lowest BCUT2D eigenvalue weighted by molar-refractivity contribution is -0.496. The Morgan fingerprint density at radius 2 is 2.00 bits per heavy atom. The Hall–Kier alpha value is -1.91. The molecule has 0 atom stereocenters. The molecule has 0 spiro atoms. The summed E-state index contributed by atoms with van der Waals surface area (Å²) in [6.45, 7) is 1.80. The van der Waals surface area contributed by atoms with Gasteiger partial charge in [-0.3, -0.25) is 10.1 Å². The van der Waals surface area contributed by atoms with Crippen LogP contribution in [0.15, 0.2) is 24.3 Å². The Morgan fingerprint density at radius 3 is 2.47 bits per heavy atom. The average molecular weight is 209 g/mol. The zero-order valence-corrected chi connectivity index (χ0v) is 8.30. The molecule has 0 fully saturated rings. The molecule has 1 aromatic carbocycles. The number of ether oxygens (including phenoxy) is 1. The van der Waals surface area contributed by atoms with E-state index in [1.54, 1.807) is 19.1 Å². The molecule has 1 aromatic rings. The van der Waals surface area contributed by atoms with E-state index in [-0.39, 0.29) is 6.54 Å². The molecular formula is C10H11NO4. The molecule has 0 amide bonds. The Bertz CT molecular complexity index is 358. The minimum atomic E-state index is -0.417. The normalized spacial score (nSPS) is 9.67. The highest BCUT2D eigenvalue weighted by molar-refractivity contribution is 5.89. The summed E-state index contributed by atoms with van der Waals surface area (Å²) in [4.78, 5) is 21.0. The average Bonchev–Trinajstić information content (AvgIpc) is 2.18. The van der Waals surface area contributed by atoms with Crippen LogP contribution in [-0.2, 0) is 11.3 Å². The zero-order valence-electron chi connectivity index (χ0n) is 8.30. The van der Waals surface area contributed by atoms with E-state index < -0.39 is 10.9 Å². The fourth-order valence-corrected chi connectivity index (χ4v) is 1.11. The lowest BCUT2D eigenvalue weighted by Gasteiger charge is -2.01. The molecule has 0 aliphatic carbocycles. The van der Waals surface area contributed by atoms with Crippen molar-refractivity contribution >= 4 is 5.97 Å². The van der Waals surface area contributed by atoms with Gasteiger partial charge in [-0.25, -0.2) is 4.79 Å². The van der Waals surface area contributed by atoms with Crippen LogP contribution in [-0.4, -0.2) is 17.5 Å². The first-order chi connectivity index (χ1) is 7.13. The molecule has 5 nitrogen and oxygen atoms in total. The fourth-order valence-electron chi connectivity index (χ4n) is 1.11. The number of nitro groups is 1. The number of nitrogens with zero attached hydrogens (tertiary/aromatic N) is 1. The monoisotopic (exact) mass is 209 g/mol. The van der Waals surface area contributed by atoms with E-state index in [0.29, 0.717) is 17.7 Å². The Labute approximate surface area is 86.8 Å². The van der Waals surface area contributed by atoms with Crippen LogP contribution >= 0.6 is 0 Å². The first-order valence-corrected chi connectivity index (χ1v) is 4.51. The van der Waals surface area contributed by atoms with E-state index in [4.69, 9.17) is 4.74 Å². The topological polar surface area (TPSA) is 69.4 Å². The number of hydrogen-bond donors (Lipinski definition) is 0. The van der Waals surface area contributed by atoms with Gasteiger partial charge in [0, 0.05) is 10.5 Å². The van der Waals surface area contributed by atoms with E-state index in [9.17, 15) is 14.9 Å². The maximum atomic E-state index is 11.2. The van der Waals surface area contributed by atoms with E-state index in [1.807, 2.05) is 0 Å². The molecular weight excluding hydrogens is 198 g/mol. The summed E-state index contributed by atoms with van der Waals surface area (Å²) in [5.41, 5.74) is 0.969. The van der Waals surface area contributed by atoms with E-state index >= 15 is 0 Å². The zero-order chi connectivity index (χ0) is 11.3. The number of hydrogen-bond acceptors (Lipinski definition) is 4. The first kappa shape index (κ1) is 11.2. The van der Waals surface area contributed by atoms with Crippen LogP contribution in [0, 0.1) is 10.1 Å². The quantitative estimate of drug-likeness (QED) is 0.429. The van der Waals surface area contributed by atoms with Crippen molar-refractivity contribution in [2.75, 3.05) is 6.61 Å². The number of benzene rings is 1. The Balaban J connectivity index is 2.71. The third-order valence-electron chi connectivity index (χ3n) is 1.78. The van der Waals surface area contributed by atoms with Crippen molar-refractivity contribution in [2.24, 2.45) is 0 Å². The van der Waals surface area contributed by atoms with Gasteiger partial charge < -0.3 is 4.74 Å². The fraction of sp³-hybridized carbons (Fsp3) is 0.300. The van der Waals surface area contributed by atoms with Gasteiger partial charge >= 0.3 is 5.97 Å². The van der Waals surface area contributed by atoms with Crippen molar-refractivity contribution in [3.05, 3.63) is 45.5 Å². The molecule has 0 radical (unpaired) electrons. The second-order valence-corrected chi connectivity index (χ2v) is 2.91. The molecule has 0 heterocycles. The lowest BCUT2D eigenvalue weighted by Crippen LogP contribution is -2.05. The van der Waals surface area contributed by atoms with Crippen molar-refractivity contribution in [3.63, 3.8) is 0 Å². The van der Waals surface area contributed by atoms with Crippen molar-refractivity contribution in [1.29, 1.82) is 0 Å². The minimum absolute atomic E-state index is 0.233. The van der Waals surface area contributed by atoms with Crippen molar-refractivity contribution in [1.82, 2.24) is 0 Å².